The molecule has 0 aromatic carbocycles. The lowest BCUT2D eigenvalue weighted by molar-refractivity contribution is -0.169. The Morgan fingerprint density at radius 3 is 2.50 bits per heavy atom. The fourth-order valence-corrected chi connectivity index (χ4v) is 7.01. The van der Waals surface area contributed by atoms with Crippen molar-refractivity contribution in [3.8, 4) is 0 Å². The van der Waals surface area contributed by atoms with E-state index in [1.54, 1.807) is 17.0 Å². The lowest BCUT2D eigenvalue weighted by Gasteiger charge is -2.60. The second-order valence-corrected chi connectivity index (χ2v) is 9.97. The zero-order chi connectivity index (χ0) is 19.4. The average Bonchev–Trinajstić information content (AvgIpc) is 3.13. The Hall–Kier alpha value is -1.82. The number of nitrogens with one attached hydrogen (secondary N) is 1. The molecule has 6 nitrogen and oxygen atoms in total. The van der Waals surface area contributed by atoms with Gasteiger partial charge in [-0.25, -0.2) is 0 Å². The molecule has 0 radical (unpaired) electrons. The standard InChI is InChI=1S/C22H30N2O4/c25-19(13-21-9-15-8-16(10-21)12-22(27,11-15)14-21)23-17-3-5-24(6-4-17)20(26)18-2-1-7-28-18/h1-2,7,15-17,27H,3-6,8-14H2,(H,23,25). The number of carbonyl (C=O) groups is 2. The summed E-state index contributed by atoms with van der Waals surface area (Å²) in [5, 5.41) is 14.1. The fourth-order valence-electron chi connectivity index (χ4n) is 7.01. The molecule has 0 spiro atoms. The van der Waals surface area contributed by atoms with Gasteiger partial charge in [0.2, 0.25) is 5.91 Å². The van der Waals surface area contributed by atoms with Gasteiger partial charge in [-0.15, -0.1) is 0 Å². The summed E-state index contributed by atoms with van der Waals surface area (Å²) >= 11 is 0. The maximum Gasteiger partial charge on any atom is 0.289 e. The first kappa shape index (κ1) is 18.2. The van der Waals surface area contributed by atoms with Crippen LogP contribution in [-0.2, 0) is 4.79 Å². The normalized spacial score (nSPS) is 37.2. The molecule has 2 atom stereocenters. The highest BCUT2D eigenvalue weighted by atomic mass is 16.3. The van der Waals surface area contributed by atoms with Crippen molar-refractivity contribution in [1.29, 1.82) is 0 Å². The van der Waals surface area contributed by atoms with Crippen LogP contribution in [-0.4, -0.2) is 46.6 Å². The SMILES string of the molecule is O=C(CC12CC3CC(CC(O)(C3)C1)C2)NC1CCN(C(=O)c2ccco2)CC1. The van der Waals surface area contributed by atoms with E-state index in [1.165, 1.54) is 12.7 Å². The van der Waals surface area contributed by atoms with Crippen LogP contribution in [0.1, 0.15) is 68.3 Å². The first-order valence-electron chi connectivity index (χ1n) is 10.8. The number of hydrogen-bond acceptors (Lipinski definition) is 4. The van der Waals surface area contributed by atoms with Crippen LogP contribution >= 0.6 is 0 Å². The van der Waals surface area contributed by atoms with Crippen LogP contribution in [0, 0.1) is 17.3 Å². The number of carbonyl (C=O) groups excluding carboxylic acids is 2. The largest absolute Gasteiger partial charge is 0.459 e. The van der Waals surface area contributed by atoms with Crippen molar-refractivity contribution in [2.75, 3.05) is 13.1 Å². The summed E-state index contributed by atoms with van der Waals surface area (Å²) in [7, 11) is 0. The Morgan fingerprint density at radius 2 is 1.89 bits per heavy atom. The van der Waals surface area contributed by atoms with Crippen molar-refractivity contribution < 1.29 is 19.1 Å². The van der Waals surface area contributed by atoms with Gasteiger partial charge in [0.1, 0.15) is 0 Å². The van der Waals surface area contributed by atoms with Crippen molar-refractivity contribution in [3.05, 3.63) is 24.2 Å². The number of hydrogen-bond donors (Lipinski definition) is 2. The number of amides is 2. The van der Waals surface area contributed by atoms with Crippen molar-refractivity contribution in [1.82, 2.24) is 10.2 Å². The molecule has 1 aromatic rings. The fraction of sp³-hybridized carbons (Fsp3) is 0.727. The average molecular weight is 386 g/mol. The van der Waals surface area contributed by atoms with Crippen LogP contribution in [0.5, 0.6) is 0 Å². The van der Waals surface area contributed by atoms with Crippen molar-refractivity contribution in [2.45, 2.75) is 69.4 Å². The third-order valence-corrected chi connectivity index (χ3v) is 7.57. The summed E-state index contributed by atoms with van der Waals surface area (Å²) in [6.07, 6.45) is 9.76. The molecule has 4 bridgehead atoms. The van der Waals surface area contributed by atoms with E-state index in [0.717, 1.165) is 44.9 Å². The van der Waals surface area contributed by atoms with Gasteiger partial charge in [-0.05, 0) is 80.8 Å². The van der Waals surface area contributed by atoms with Crippen molar-refractivity contribution >= 4 is 11.8 Å². The Labute approximate surface area is 165 Å². The topological polar surface area (TPSA) is 82.8 Å². The van der Waals surface area contributed by atoms with E-state index in [0.29, 0.717) is 37.1 Å². The molecule has 1 aromatic heterocycles. The van der Waals surface area contributed by atoms with Gasteiger partial charge in [0, 0.05) is 25.6 Å². The molecule has 4 saturated carbocycles. The molecular formula is C22H30N2O4. The van der Waals surface area contributed by atoms with Gasteiger partial charge in [-0.2, -0.15) is 0 Å². The van der Waals surface area contributed by atoms with Gasteiger partial charge in [0.25, 0.3) is 5.91 Å². The second kappa shape index (κ2) is 6.61. The Morgan fingerprint density at radius 1 is 1.18 bits per heavy atom. The van der Waals surface area contributed by atoms with Gasteiger partial charge in [0.05, 0.1) is 11.9 Å². The molecule has 5 fully saturated rings. The number of nitrogens with zero attached hydrogens (tertiary/aromatic N) is 1. The van der Waals surface area contributed by atoms with E-state index in [9.17, 15) is 14.7 Å². The predicted molar refractivity (Wildman–Crippen MR) is 102 cm³/mol. The maximum absolute atomic E-state index is 12.8. The van der Waals surface area contributed by atoms with E-state index in [4.69, 9.17) is 4.42 Å². The Kier molecular flexibility index (Phi) is 4.30. The van der Waals surface area contributed by atoms with E-state index in [2.05, 4.69) is 5.32 Å². The number of likely N-dealkylation sites (tertiary alicyclic amines) is 1. The van der Waals surface area contributed by atoms with Crippen LogP contribution < -0.4 is 5.32 Å². The first-order chi connectivity index (χ1) is 13.4. The molecule has 152 valence electrons. The summed E-state index contributed by atoms with van der Waals surface area (Å²) in [5.74, 6) is 1.64. The van der Waals surface area contributed by atoms with Crippen LogP contribution in [0.15, 0.2) is 22.8 Å². The first-order valence-corrected chi connectivity index (χ1v) is 10.8. The molecule has 1 aliphatic heterocycles. The molecule has 6 rings (SSSR count). The van der Waals surface area contributed by atoms with Crippen LogP contribution in [0.3, 0.4) is 0 Å². The monoisotopic (exact) mass is 386 g/mol. The van der Waals surface area contributed by atoms with Crippen molar-refractivity contribution in [2.24, 2.45) is 17.3 Å². The minimum atomic E-state index is -0.512. The van der Waals surface area contributed by atoms with E-state index >= 15 is 0 Å². The molecule has 4 aliphatic carbocycles. The molecule has 6 heteroatoms. The van der Waals surface area contributed by atoms with Gasteiger partial charge < -0.3 is 19.7 Å². The highest BCUT2D eigenvalue weighted by Crippen LogP contribution is 2.62. The molecular weight excluding hydrogens is 356 g/mol. The molecule has 2 N–H and O–H groups in total. The quantitative estimate of drug-likeness (QED) is 0.834. The summed E-state index contributed by atoms with van der Waals surface area (Å²) in [4.78, 5) is 27.0. The summed E-state index contributed by atoms with van der Waals surface area (Å²) in [5.41, 5.74) is -0.499. The lowest BCUT2D eigenvalue weighted by atomic mass is 9.47. The smallest absolute Gasteiger partial charge is 0.289 e. The number of furan rings is 1. The second-order valence-electron chi connectivity index (χ2n) is 9.97. The van der Waals surface area contributed by atoms with E-state index < -0.39 is 5.60 Å². The molecule has 2 unspecified atom stereocenters. The Balaban J connectivity index is 1.14. The number of aliphatic hydroxyl groups is 1. The predicted octanol–water partition coefficient (Wildman–Crippen LogP) is 2.72. The number of piperidine rings is 1. The summed E-state index contributed by atoms with van der Waals surface area (Å²) in [6.45, 7) is 1.28. The summed E-state index contributed by atoms with van der Waals surface area (Å²) in [6, 6.07) is 3.54. The molecule has 2 amide bonds. The molecule has 2 heterocycles. The van der Waals surface area contributed by atoms with E-state index in [-0.39, 0.29) is 23.3 Å². The third-order valence-electron chi connectivity index (χ3n) is 7.57. The van der Waals surface area contributed by atoms with Crippen LogP contribution in [0.2, 0.25) is 0 Å². The Bertz CT molecular complexity index is 737. The zero-order valence-electron chi connectivity index (χ0n) is 16.4. The molecule has 1 saturated heterocycles. The van der Waals surface area contributed by atoms with Crippen LogP contribution in [0.4, 0.5) is 0 Å². The highest BCUT2D eigenvalue weighted by molar-refractivity contribution is 5.91. The van der Waals surface area contributed by atoms with Gasteiger partial charge in [-0.3, -0.25) is 9.59 Å². The minimum absolute atomic E-state index is 0.0128. The van der Waals surface area contributed by atoms with Gasteiger partial charge in [-0.1, -0.05) is 0 Å². The third kappa shape index (κ3) is 3.36. The highest BCUT2D eigenvalue weighted by Gasteiger charge is 2.57. The zero-order valence-corrected chi connectivity index (χ0v) is 16.4. The maximum atomic E-state index is 12.8. The van der Waals surface area contributed by atoms with Gasteiger partial charge in [0.15, 0.2) is 5.76 Å². The van der Waals surface area contributed by atoms with E-state index in [1.807, 2.05) is 0 Å². The molecule has 28 heavy (non-hydrogen) atoms. The summed E-state index contributed by atoms with van der Waals surface area (Å²) < 4.78 is 5.20. The lowest BCUT2D eigenvalue weighted by Crippen LogP contribution is -2.57. The van der Waals surface area contributed by atoms with Gasteiger partial charge >= 0.3 is 0 Å². The van der Waals surface area contributed by atoms with Crippen LogP contribution in [0.25, 0.3) is 0 Å². The number of rotatable bonds is 4. The van der Waals surface area contributed by atoms with Crippen molar-refractivity contribution in [3.63, 3.8) is 0 Å². The minimum Gasteiger partial charge on any atom is -0.459 e. The molecule has 5 aliphatic rings.